The predicted molar refractivity (Wildman–Crippen MR) is 98.1 cm³/mol. The summed E-state index contributed by atoms with van der Waals surface area (Å²) in [6.45, 7) is 6.94. The van der Waals surface area contributed by atoms with E-state index in [0.717, 1.165) is 18.1 Å². The number of aromatic nitrogens is 2. The van der Waals surface area contributed by atoms with Crippen molar-refractivity contribution in [3.05, 3.63) is 29.6 Å². The number of nitrogens with zero attached hydrogens (tertiary/aromatic N) is 2. The first-order chi connectivity index (χ1) is 11.9. The van der Waals surface area contributed by atoms with Crippen molar-refractivity contribution >= 4 is 28.9 Å². The van der Waals surface area contributed by atoms with Crippen LogP contribution in [-0.4, -0.2) is 50.5 Å². The Balaban J connectivity index is 0.000000765. The predicted octanol–water partition coefficient (Wildman–Crippen LogP) is 2.30. The van der Waals surface area contributed by atoms with Gasteiger partial charge in [-0.3, -0.25) is 10.2 Å². The highest BCUT2D eigenvalue weighted by Gasteiger charge is 2.20. The second kappa shape index (κ2) is 8.32. The zero-order valence-corrected chi connectivity index (χ0v) is 15.6. The Kier molecular flexibility index (Phi) is 6.71. The average Bonchev–Trinajstić information content (AvgIpc) is 2.85. The normalized spacial score (nSPS) is 10.7. The molecule has 0 radical (unpaired) electrons. The van der Waals surface area contributed by atoms with Crippen molar-refractivity contribution < 1.29 is 19.4 Å². The Morgan fingerprint density at radius 2 is 1.96 bits per heavy atom. The van der Waals surface area contributed by atoms with Crippen molar-refractivity contribution in [2.24, 2.45) is 5.73 Å². The van der Waals surface area contributed by atoms with Gasteiger partial charge in [0, 0.05) is 19.7 Å². The molecule has 0 atom stereocenters. The number of carbonyl (C=O) groups is 2. The molecule has 2 aromatic heterocycles. The van der Waals surface area contributed by atoms with E-state index < -0.39 is 11.6 Å². The van der Waals surface area contributed by atoms with Crippen LogP contribution >= 0.6 is 0 Å². The van der Waals surface area contributed by atoms with Gasteiger partial charge >= 0.3 is 6.09 Å². The molecule has 0 fully saturated rings. The third kappa shape index (κ3) is 6.80. The Morgan fingerprint density at radius 1 is 1.38 bits per heavy atom. The second-order valence-electron chi connectivity index (χ2n) is 6.69. The van der Waals surface area contributed by atoms with Gasteiger partial charge in [-0.2, -0.15) is 0 Å². The van der Waals surface area contributed by atoms with Gasteiger partial charge in [0.05, 0.1) is 17.6 Å². The van der Waals surface area contributed by atoms with Gasteiger partial charge in [-0.25, -0.2) is 9.78 Å². The summed E-state index contributed by atoms with van der Waals surface area (Å²) in [4.78, 5) is 29.9. The summed E-state index contributed by atoms with van der Waals surface area (Å²) in [6.07, 6.45) is -0.386. The highest BCUT2D eigenvalue weighted by Crippen LogP contribution is 2.16. The lowest BCUT2D eigenvalue weighted by Crippen LogP contribution is -2.33. The van der Waals surface area contributed by atoms with Gasteiger partial charge in [0.1, 0.15) is 17.1 Å². The zero-order chi connectivity index (χ0) is 20.1. The summed E-state index contributed by atoms with van der Waals surface area (Å²) in [7, 11) is 1.67. The highest BCUT2D eigenvalue weighted by atomic mass is 16.6. The monoisotopic (exact) mass is 363 g/mol. The minimum Gasteiger partial charge on any atom is -0.481 e. The summed E-state index contributed by atoms with van der Waals surface area (Å²) < 4.78 is 5.31. The molecule has 0 bridgehead atoms. The van der Waals surface area contributed by atoms with Crippen molar-refractivity contribution in [2.75, 3.05) is 7.05 Å². The molecule has 0 spiro atoms. The van der Waals surface area contributed by atoms with E-state index in [1.54, 1.807) is 13.1 Å². The quantitative estimate of drug-likeness (QED) is 0.486. The van der Waals surface area contributed by atoms with Crippen LogP contribution in [-0.2, 0) is 16.1 Å². The Bertz CT molecular complexity index is 803. The molecule has 26 heavy (non-hydrogen) atoms. The molecule has 5 N–H and O–H groups in total. The van der Waals surface area contributed by atoms with Gasteiger partial charge in [-0.15, -0.1) is 0 Å². The Labute approximate surface area is 151 Å². The third-order valence-corrected chi connectivity index (χ3v) is 2.92. The Morgan fingerprint density at radius 3 is 2.46 bits per heavy atom. The number of carboxylic acids is 1. The van der Waals surface area contributed by atoms with Crippen LogP contribution in [0.3, 0.4) is 0 Å². The minimum atomic E-state index is -0.833. The van der Waals surface area contributed by atoms with Crippen LogP contribution in [0.25, 0.3) is 11.0 Å². The molecule has 0 saturated carbocycles. The van der Waals surface area contributed by atoms with Crippen molar-refractivity contribution in [2.45, 2.75) is 39.8 Å². The van der Waals surface area contributed by atoms with Crippen molar-refractivity contribution in [1.82, 2.24) is 14.9 Å². The van der Waals surface area contributed by atoms with Crippen LogP contribution in [0.15, 0.2) is 18.2 Å². The number of rotatable bonds is 3. The van der Waals surface area contributed by atoms with E-state index in [2.05, 4.69) is 9.97 Å². The first kappa shape index (κ1) is 20.9. The fourth-order valence-corrected chi connectivity index (χ4v) is 1.96. The van der Waals surface area contributed by atoms with E-state index in [1.807, 2.05) is 32.9 Å². The molecule has 2 heterocycles. The van der Waals surface area contributed by atoms with Crippen LogP contribution < -0.4 is 5.73 Å². The number of amidine groups is 1. The summed E-state index contributed by atoms with van der Waals surface area (Å²) in [5.74, 6) is -0.907. The molecule has 1 amide bonds. The maximum Gasteiger partial charge on any atom is 0.410 e. The topological polar surface area (TPSA) is 145 Å². The van der Waals surface area contributed by atoms with Crippen molar-refractivity contribution in [3.63, 3.8) is 0 Å². The molecule has 0 aliphatic carbocycles. The number of nitrogens with one attached hydrogen (secondary N) is 2. The molecular formula is C17H25N5O4. The van der Waals surface area contributed by atoms with E-state index >= 15 is 0 Å². The fourth-order valence-electron chi connectivity index (χ4n) is 1.96. The number of hydrogen-bond acceptors (Lipinski definition) is 5. The minimum absolute atomic E-state index is 0.0736. The van der Waals surface area contributed by atoms with Gasteiger partial charge in [-0.05, 0) is 39.0 Å². The Hall–Kier alpha value is -3.10. The molecule has 9 heteroatoms. The zero-order valence-electron chi connectivity index (χ0n) is 15.6. The SMILES string of the molecule is CC(=O)O.CN(Cc1cc2nc(C(=N)N)ccc2[nH]1)C(=O)OC(C)(C)C. The van der Waals surface area contributed by atoms with Crippen LogP contribution in [0.2, 0.25) is 0 Å². The molecule has 0 unspecified atom stereocenters. The van der Waals surface area contributed by atoms with Gasteiger partial charge in [0.25, 0.3) is 5.97 Å². The molecule has 142 valence electrons. The molecular weight excluding hydrogens is 338 g/mol. The lowest BCUT2D eigenvalue weighted by molar-refractivity contribution is -0.134. The number of pyridine rings is 1. The lowest BCUT2D eigenvalue weighted by atomic mass is 10.2. The number of carbonyl (C=O) groups excluding carboxylic acids is 1. The van der Waals surface area contributed by atoms with Gasteiger partial charge in [-0.1, -0.05) is 0 Å². The molecule has 0 aliphatic heterocycles. The van der Waals surface area contributed by atoms with Crippen molar-refractivity contribution in [1.29, 1.82) is 5.41 Å². The lowest BCUT2D eigenvalue weighted by Gasteiger charge is -2.24. The molecule has 2 aromatic rings. The second-order valence-corrected chi connectivity index (χ2v) is 6.69. The number of aromatic amines is 1. The molecule has 0 aliphatic rings. The van der Waals surface area contributed by atoms with Gasteiger partial charge in [0.15, 0.2) is 0 Å². The summed E-state index contributed by atoms with van der Waals surface area (Å²) in [5.41, 5.74) is 7.71. The van der Waals surface area contributed by atoms with Crippen molar-refractivity contribution in [3.8, 4) is 0 Å². The van der Waals surface area contributed by atoms with E-state index in [1.165, 1.54) is 4.90 Å². The molecule has 2 rings (SSSR count). The molecule has 0 aromatic carbocycles. The van der Waals surface area contributed by atoms with Crippen LogP contribution in [0.1, 0.15) is 39.1 Å². The van der Waals surface area contributed by atoms with Gasteiger partial charge in [0.2, 0.25) is 0 Å². The van der Waals surface area contributed by atoms with E-state index in [0.29, 0.717) is 17.8 Å². The maximum atomic E-state index is 12.0. The third-order valence-electron chi connectivity index (χ3n) is 2.92. The largest absolute Gasteiger partial charge is 0.481 e. The number of aliphatic carboxylic acids is 1. The standard InChI is InChI=1S/C15H21N5O2.C2H4O2/c1-15(2,3)22-14(21)20(4)8-9-7-12-10(18-9)5-6-11(19-12)13(16)17;1-2(3)4/h5-7,18H,8H2,1-4H3,(H3,16,17);1H3,(H,3,4). The number of nitrogen functional groups attached to an aromatic ring is 1. The van der Waals surface area contributed by atoms with Crippen LogP contribution in [0.5, 0.6) is 0 Å². The summed E-state index contributed by atoms with van der Waals surface area (Å²) >= 11 is 0. The van der Waals surface area contributed by atoms with Crippen LogP contribution in [0, 0.1) is 5.41 Å². The molecule has 9 nitrogen and oxygen atoms in total. The number of nitrogens with two attached hydrogens (primary N) is 1. The smallest absolute Gasteiger partial charge is 0.410 e. The number of H-pyrrole nitrogens is 1. The van der Waals surface area contributed by atoms with Gasteiger partial charge < -0.3 is 25.5 Å². The summed E-state index contributed by atoms with van der Waals surface area (Å²) in [5, 5.41) is 14.8. The van der Waals surface area contributed by atoms with E-state index in [9.17, 15) is 4.79 Å². The maximum absolute atomic E-state index is 12.0. The number of ether oxygens (including phenoxy) is 1. The van der Waals surface area contributed by atoms with E-state index in [4.69, 9.17) is 25.8 Å². The number of amides is 1. The summed E-state index contributed by atoms with van der Waals surface area (Å²) in [6, 6.07) is 5.33. The highest BCUT2D eigenvalue weighted by molar-refractivity contribution is 5.95. The van der Waals surface area contributed by atoms with E-state index in [-0.39, 0.29) is 11.9 Å². The van der Waals surface area contributed by atoms with Crippen LogP contribution in [0.4, 0.5) is 4.79 Å². The first-order valence-corrected chi connectivity index (χ1v) is 7.85. The molecule has 0 saturated heterocycles. The average molecular weight is 363 g/mol. The first-order valence-electron chi connectivity index (χ1n) is 7.85. The number of fused-ring (bicyclic) bond motifs is 1. The number of hydrogen-bond donors (Lipinski definition) is 4. The number of carboxylic acid groups (broad SMARTS) is 1. The fraction of sp³-hybridized carbons (Fsp3) is 0.412.